The van der Waals surface area contributed by atoms with E-state index in [1.54, 1.807) is 0 Å². The van der Waals surface area contributed by atoms with Gasteiger partial charge in [0.2, 0.25) is 0 Å². The van der Waals surface area contributed by atoms with Crippen LogP contribution < -0.4 is 4.74 Å². The Morgan fingerprint density at radius 2 is 1.84 bits per heavy atom. The summed E-state index contributed by atoms with van der Waals surface area (Å²) >= 11 is 6.70. The van der Waals surface area contributed by atoms with E-state index in [1.807, 2.05) is 6.07 Å². The van der Waals surface area contributed by atoms with Crippen LogP contribution >= 0.6 is 11.6 Å². The quantitative estimate of drug-likeness (QED) is 0.728. The molecular formula is C17H17ClO. The maximum absolute atomic E-state index is 6.70. The third-order valence-electron chi connectivity index (χ3n) is 3.80. The molecule has 0 aliphatic carbocycles. The van der Waals surface area contributed by atoms with Gasteiger partial charge in [-0.2, -0.15) is 0 Å². The monoisotopic (exact) mass is 272 g/mol. The summed E-state index contributed by atoms with van der Waals surface area (Å²) in [7, 11) is 0. The molecule has 3 rings (SSSR count). The van der Waals surface area contributed by atoms with E-state index in [-0.39, 0.29) is 5.38 Å². The highest BCUT2D eigenvalue weighted by Crippen LogP contribution is 2.36. The number of benzene rings is 2. The Kier molecular flexibility index (Phi) is 3.24. The second-order valence-corrected chi connectivity index (χ2v) is 5.57. The number of halogens is 1. The topological polar surface area (TPSA) is 9.23 Å². The first-order chi connectivity index (χ1) is 9.16. The fraction of sp³-hybridized carbons (Fsp3) is 0.294. The highest BCUT2D eigenvalue weighted by Gasteiger charge is 2.19. The fourth-order valence-electron chi connectivity index (χ4n) is 2.76. The first-order valence-corrected chi connectivity index (χ1v) is 7.06. The smallest absolute Gasteiger partial charge is 0.122 e. The Hall–Kier alpha value is -1.47. The van der Waals surface area contributed by atoms with Gasteiger partial charge in [0.25, 0.3) is 0 Å². The molecule has 0 saturated heterocycles. The number of ether oxygens (including phenoxy) is 1. The van der Waals surface area contributed by atoms with Gasteiger partial charge in [-0.1, -0.05) is 30.3 Å². The van der Waals surface area contributed by atoms with E-state index in [9.17, 15) is 0 Å². The second kappa shape index (κ2) is 4.90. The number of rotatable bonds is 2. The maximum Gasteiger partial charge on any atom is 0.122 e. The largest absolute Gasteiger partial charge is 0.493 e. The minimum Gasteiger partial charge on any atom is -0.493 e. The van der Waals surface area contributed by atoms with Gasteiger partial charge in [-0.05, 0) is 47.7 Å². The molecule has 0 amide bonds. The van der Waals surface area contributed by atoms with E-state index in [1.165, 1.54) is 22.3 Å². The Labute approximate surface area is 119 Å². The number of aryl methyl sites for hydroxylation is 2. The summed E-state index contributed by atoms with van der Waals surface area (Å²) in [6.45, 7) is 5.03. The predicted molar refractivity (Wildman–Crippen MR) is 79.3 cm³/mol. The average Bonchev–Trinajstić information content (AvgIpc) is 2.85. The zero-order chi connectivity index (χ0) is 13.4. The molecule has 0 spiro atoms. The van der Waals surface area contributed by atoms with Gasteiger partial charge < -0.3 is 4.74 Å². The molecule has 0 saturated carbocycles. The van der Waals surface area contributed by atoms with Crippen LogP contribution in [0.5, 0.6) is 5.75 Å². The molecule has 0 fully saturated rings. The van der Waals surface area contributed by atoms with Gasteiger partial charge >= 0.3 is 0 Å². The summed E-state index contributed by atoms with van der Waals surface area (Å²) in [5.41, 5.74) is 6.15. The molecule has 1 unspecified atom stereocenters. The second-order valence-electron chi connectivity index (χ2n) is 5.13. The zero-order valence-electron chi connectivity index (χ0n) is 11.2. The van der Waals surface area contributed by atoms with E-state index in [4.69, 9.17) is 16.3 Å². The van der Waals surface area contributed by atoms with Gasteiger partial charge in [0, 0.05) is 6.42 Å². The molecule has 2 aromatic carbocycles. The lowest BCUT2D eigenvalue weighted by atomic mass is 9.94. The van der Waals surface area contributed by atoms with E-state index < -0.39 is 0 Å². The van der Waals surface area contributed by atoms with Crippen molar-refractivity contribution >= 4 is 11.6 Å². The lowest BCUT2D eigenvalue weighted by Crippen LogP contribution is -2.00. The molecule has 0 aromatic heterocycles. The minimum atomic E-state index is -0.0906. The van der Waals surface area contributed by atoms with Crippen LogP contribution in [0.4, 0.5) is 0 Å². The molecule has 0 N–H and O–H groups in total. The first-order valence-electron chi connectivity index (χ1n) is 6.62. The summed E-state index contributed by atoms with van der Waals surface area (Å²) in [5, 5.41) is -0.0906. The SMILES string of the molecule is Cc1cccc(C)c1C(Cl)c1ccc2c(c1)CCO2. The molecule has 1 aliphatic heterocycles. The van der Waals surface area contributed by atoms with Crippen LogP contribution in [0, 0.1) is 13.8 Å². The summed E-state index contributed by atoms with van der Waals surface area (Å²) in [6, 6.07) is 12.6. The molecule has 1 aliphatic rings. The van der Waals surface area contributed by atoms with E-state index in [0.29, 0.717) is 0 Å². The van der Waals surface area contributed by atoms with E-state index >= 15 is 0 Å². The van der Waals surface area contributed by atoms with Crippen molar-refractivity contribution in [3.63, 3.8) is 0 Å². The molecule has 19 heavy (non-hydrogen) atoms. The van der Waals surface area contributed by atoms with Gasteiger partial charge in [-0.15, -0.1) is 11.6 Å². The Bertz CT molecular complexity index is 598. The van der Waals surface area contributed by atoms with Crippen molar-refractivity contribution in [1.29, 1.82) is 0 Å². The molecular weight excluding hydrogens is 256 g/mol. The van der Waals surface area contributed by atoms with E-state index in [0.717, 1.165) is 24.3 Å². The number of hydrogen-bond donors (Lipinski definition) is 0. The average molecular weight is 273 g/mol. The maximum atomic E-state index is 6.70. The molecule has 1 heterocycles. The van der Waals surface area contributed by atoms with Gasteiger partial charge in [0.1, 0.15) is 5.75 Å². The molecule has 1 nitrogen and oxygen atoms in total. The van der Waals surface area contributed by atoms with E-state index in [2.05, 4.69) is 44.2 Å². The van der Waals surface area contributed by atoms with Crippen LogP contribution in [-0.4, -0.2) is 6.61 Å². The summed E-state index contributed by atoms with van der Waals surface area (Å²) in [4.78, 5) is 0. The van der Waals surface area contributed by atoms with Crippen molar-refractivity contribution in [2.24, 2.45) is 0 Å². The summed E-state index contributed by atoms with van der Waals surface area (Å²) in [5.74, 6) is 1.01. The minimum absolute atomic E-state index is 0.0906. The third-order valence-corrected chi connectivity index (χ3v) is 4.27. The van der Waals surface area contributed by atoms with Crippen molar-refractivity contribution in [3.8, 4) is 5.75 Å². The van der Waals surface area contributed by atoms with Gasteiger partial charge in [-0.25, -0.2) is 0 Å². The molecule has 2 aromatic rings. The van der Waals surface area contributed by atoms with Crippen LogP contribution in [-0.2, 0) is 6.42 Å². The Morgan fingerprint density at radius 1 is 1.11 bits per heavy atom. The molecule has 1 atom stereocenters. The number of alkyl halides is 1. The van der Waals surface area contributed by atoms with Gasteiger partial charge in [0.05, 0.1) is 12.0 Å². The van der Waals surface area contributed by atoms with Crippen LogP contribution in [0.25, 0.3) is 0 Å². The highest BCUT2D eigenvalue weighted by molar-refractivity contribution is 6.22. The Balaban J connectivity index is 2.02. The van der Waals surface area contributed by atoms with Crippen LogP contribution in [0.1, 0.15) is 33.2 Å². The molecule has 0 bridgehead atoms. The van der Waals surface area contributed by atoms with Crippen molar-refractivity contribution in [3.05, 3.63) is 64.2 Å². The van der Waals surface area contributed by atoms with Crippen molar-refractivity contribution in [2.45, 2.75) is 25.6 Å². The van der Waals surface area contributed by atoms with Crippen LogP contribution in [0.3, 0.4) is 0 Å². The highest BCUT2D eigenvalue weighted by atomic mass is 35.5. The van der Waals surface area contributed by atoms with Gasteiger partial charge in [0.15, 0.2) is 0 Å². The number of hydrogen-bond acceptors (Lipinski definition) is 1. The normalized spacial score (nSPS) is 14.9. The van der Waals surface area contributed by atoms with Crippen molar-refractivity contribution in [2.75, 3.05) is 6.61 Å². The summed E-state index contributed by atoms with van der Waals surface area (Å²) < 4.78 is 5.54. The standard InChI is InChI=1S/C17H17ClO/c1-11-4-3-5-12(2)16(11)17(18)14-6-7-15-13(10-14)8-9-19-15/h3-7,10,17H,8-9H2,1-2H3. The first kappa shape index (κ1) is 12.6. The third kappa shape index (κ3) is 2.23. The molecule has 0 radical (unpaired) electrons. The lowest BCUT2D eigenvalue weighted by Gasteiger charge is -2.16. The fourth-order valence-corrected chi connectivity index (χ4v) is 3.24. The van der Waals surface area contributed by atoms with Crippen molar-refractivity contribution < 1.29 is 4.74 Å². The zero-order valence-corrected chi connectivity index (χ0v) is 12.0. The van der Waals surface area contributed by atoms with Crippen molar-refractivity contribution in [1.82, 2.24) is 0 Å². The molecule has 2 heteroatoms. The summed E-state index contributed by atoms with van der Waals surface area (Å²) in [6.07, 6.45) is 0.986. The Morgan fingerprint density at radius 3 is 2.58 bits per heavy atom. The molecule has 98 valence electrons. The van der Waals surface area contributed by atoms with Gasteiger partial charge in [-0.3, -0.25) is 0 Å². The number of fused-ring (bicyclic) bond motifs is 1. The predicted octanol–water partition coefficient (Wildman–Crippen LogP) is 4.57. The lowest BCUT2D eigenvalue weighted by molar-refractivity contribution is 0.357. The van der Waals surface area contributed by atoms with Crippen LogP contribution in [0.2, 0.25) is 0 Å². The van der Waals surface area contributed by atoms with Crippen LogP contribution in [0.15, 0.2) is 36.4 Å².